The first-order valence-corrected chi connectivity index (χ1v) is 7.26. The highest BCUT2D eigenvalue weighted by Gasteiger charge is 2.46. The molecule has 0 bridgehead atoms. The van der Waals surface area contributed by atoms with E-state index in [1.165, 1.54) is 0 Å². The average Bonchev–Trinajstić information content (AvgIpc) is 3.22. The van der Waals surface area contributed by atoms with Crippen LogP contribution in [0.2, 0.25) is 5.02 Å². The molecule has 0 radical (unpaired) electrons. The summed E-state index contributed by atoms with van der Waals surface area (Å²) in [6.45, 7) is 3.67. The fourth-order valence-electron chi connectivity index (χ4n) is 2.68. The number of amides is 2. The summed E-state index contributed by atoms with van der Waals surface area (Å²) in [6, 6.07) is 4.60. The molecule has 2 atom stereocenters. The molecule has 0 aromatic heterocycles. The minimum atomic E-state index is -0.531. The molecule has 0 spiro atoms. The number of carbonyl (C=O) groups is 2. The molecular formula is C15H17ClN2O2. The Hall–Kier alpha value is -1.55. The van der Waals surface area contributed by atoms with Crippen molar-refractivity contribution in [2.45, 2.75) is 38.8 Å². The zero-order valence-electron chi connectivity index (χ0n) is 11.5. The monoisotopic (exact) mass is 292 g/mol. The van der Waals surface area contributed by atoms with E-state index >= 15 is 0 Å². The Morgan fingerprint density at radius 2 is 2.00 bits per heavy atom. The number of piperazine rings is 1. The predicted octanol–water partition coefficient (Wildman–Crippen LogP) is 2.28. The summed E-state index contributed by atoms with van der Waals surface area (Å²) in [5.74, 6) is 0.121. The number of hydrogen-bond donors (Lipinski definition) is 1. The lowest BCUT2D eigenvalue weighted by molar-refractivity contribution is -0.133. The number of rotatable bonds is 2. The van der Waals surface area contributed by atoms with E-state index < -0.39 is 12.1 Å². The fraction of sp³-hybridized carbons (Fsp3) is 0.467. The summed E-state index contributed by atoms with van der Waals surface area (Å²) >= 11 is 6.23. The van der Waals surface area contributed by atoms with Crippen molar-refractivity contribution in [3.05, 3.63) is 28.8 Å². The third-order valence-corrected chi connectivity index (χ3v) is 4.34. The summed E-state index contributed by atoms with van der Waals surface area (Å²) in [5.41, 5.74) is 1.64. The van der Waals surface area contributed by atoms with Crippen molar-refractivity contribution in [3.8, 4) is 0 Å². The molecule has 2 aliphatic rings. The number of carbonyl (C=O) groups excluding carboxylic acids is 2. The Kier molecular flexibility index (Phi) is 3.21. The summed E-state index contributed by atoms with van der Waals surface area (Å²) in [5, 5.41) is 3.34. The van der Waals surface area contributed by atoms with Crippen molar-refractivity contribution in [2.75, 3.05) is 4.90 Å². The summed E-state index contributed by atoms with van der Waals surface area (Å²) in [4.78, 5) is 26.3. The molecule has 3 rings (SSSR count). The number of nitrogens with zero attached hydrogens (tertiary/aromatic N) is 1. The quantitative estimate of drug-likeness (QED) is 0.909. The van der Waals surface area contributed by atoms with E-state index in [0.717, 1.165) is 18.4 Å². The Balaban J connectivity index is 2.01. The third-order valence-electron chi connectivity index (χ3n) is 4.02. The van der Waals surface area contributed by atoms with Crippen LogP contribution in [0.4, 0.5) is 5.69 Å². The molecule has 1 N–H and O–H groups in total. The van der Waals surface area contributed by atoms with Gasteiger partial charge in [0.1, 0.15) is 12.1 Å². The molecule has 20 heavy (non-hydrogen) atoms. The van der Waals surface area contributed by atoms with Gasteiger partial charge in [0.05, 0.1) is 10.7 Å². The van der Waals surface area contributed by atoms with Gasteiger partial charge < -0.3 is 5.32 Å². The predicted molar refractivity (Wildman–Crippen MR) is 77.8 cm³/mol. The normalized spacial score (nSPS) is 26.6. The van der Waals surface area contributed by atoms with Crippen LogP contribution in [0.3, 0.4) is 0 Å². The van der Waals surface area contributed by atoms with Crippen LogP contribution >= 0.6 is 11.6 Å². The van der Waals surface area contributed by atoms with E-state index in [0.29, 0.717) is 10.7 Å². The highest BCUT2D eigenvalue weighted by atomic mass is 35.5. The van der Waals surface area contributed by atoms with Crippen LogP contribution in [0, 0.1) is 12.8 Å². The third kappa shape index (κ3) is 2.18. The van der Waals surface area contributed by atoms with E-state index in [9.17, 15) is 9.59 Å². The minimum absolute atomic E-state index is 0.0490. The number of halogens is 1. The molecule has 2 unspecified atom stereocenters. The lowest BCUT2D eigenvalue weighted by Gasteiger charge is -2.38. The van der Waals surface area contributed by atoms with Gasteiger partial charge in [-0.15, -0.1) is 0 Å². The zero-order valence-corrected chi connectivity index (χ0v) is 12.3. The van der Waals surface area contributed by atoms with Crippen molar-refractivity contribution < 1.29 is 9.59 Å². The number of hydrogen-bond acceptors (Lipinski definition) is 2. The standard InChI is InChI=1S/C15H17ClN2O2/c1-8-3-6-11(16)12(7-8)18-9(2)14(19)17-13(15(18)20)10-4-5-10/h3,6-7,9-10,13H,4-5H2,1-2H3,(H,17,19). The van der Waals surface area contributed by atoms with E-state index in [-0.39, 0.29) is 17.7 Å². The van der Waals surface area contributed by atoms with E-state index in [1.807, 2.05) is 19.1 Å². The first-order valence-electron chi connectivity index (χ1n) is 6.88. The van der Waals surface area contributed by atoms with Crippen LogP contribution in [-0.4, -0.2) is 23.9 Å². The molecular weight excluding hydrogens is 276 g/mol. The Morgan fingerprint density at radius 1 is 1.30 bits per heavy atom. The van der Waals surface area contributed by atoms with Gasteiger partial charge in [-0.2, -0.15) is 0 Å². The first kappa shape index (κ1) is 13.4. The van der Waals surface area contributed by atoms with Gasteiger partial charge in [0.2, 0.25) is 5.91 Å². The first-order chi connectivity index (χ1) is 9.49. The van der Waals surface area contributed by atoms with Crippen LogP contribution in [0.1, 0.15) is 25.3 Å². The fourth-order valence-corrected chi connectivity index (χ4v) is 2.89. The molecule has 1 aromatic carbocycles. The van der Waals surface area contributed by atoms with Crippen LogP contribution in [-0.2, 0) is 9.59 Å². The summed E-state index contributed by atoms with van der Waals surface area (Å²) < 4.78 is 0. The number of aryl methyl sites for hydroxylation is 1. The topological polar surface area (TPSA) is 49.4 Å². The van der Waals surface area contributed by atoms with Gasteiger partial charge in [0.15, 0.2) is 0 Å². The number of benzene rings is 1. The minimum Gasteiger partial charge on any atom is -0.342 e. The Labute approximate surface area is 123 Å². The molecule has 5 heteroatoms. The molecule has 106 valence electrons. The molecule has 4 nitrogen and oxygen atoms in total. The molecule has 1 aromatic rings. The molecule has 1 saturated heterocycles. The van der Waals surface area contributed by atoms with Crippen molar-refractivity contribution in [3.63, 3.8) is 0 Å². The van der Waals surface area contributed by atoms with Gasteiger partial charge in [0, 0.05) is 0 Å². The highest BCUT2D eigenvalue weighted by molar-refractivity contribution is 6.34. The van der Waals surface area contributed by atoms with Crippen molar-refractivity contribution in [2.24, 2.45) is 5.92 Å². The second-order valence-corrected chi connectivity index (χ2v) is 6.07. The maximum Gasteiger partial charge on any atom is 0.250 e. The maximum absolute atomic E-state index is 12.7. The van der Waals surface area contributed by atoms with Gasteiger partial charge in [-0.25, -0.2) is 0 Å². The van der Waals surface area contributed by atoms with Crippen molar-refractivity contribution >= 4 is 29.1 Å². The summed E-state index contributed by atoms with van der Waals surface area (Å²) in [7, 11) is 0. The van der Waals surface area contributed by atoms with Crippen LogP contribution < -0.4 is 10.2 Å². The van der Waals surface area contributed by atoms with Gasteiger partial charge in [0.25, 0.3) is 5.91 Å². The largest absolute Gasteiger partial charge is 0.342 e. The molecule has 1 saturated carbocycles. The molecule has 1 heterocycles. The van der Waals surface area contributed by atoms with Gasteiger partial charge in [-0.05, 0) is 50.3 Å². The molecule has 1 aliphatic heterocycles. The Bertz CT molecular complexity index is 583. The van der Waals surface area contributed by atoms with Gasteiger partial charge in [-0.1, -0.05) is 17.7 Å². The van der Waals surface area contributed by atoms with Crippen molar-refractivity contribution in [1.82, 2.24) is 5.32 Å². The van der Waals surface area contributed by atoms with Gasteiger partial charge >= 0.3 is 0 Å². The lowest BCUT2D eigenvalue weighted by atomic mass is 10.0. The number of nitrogens with one attached hydrogen (secondary N) is 1. The second kappa shape index (κ2) is 4.77. The Morgan fingerprint density at radius 3 is 2.65 bits per heavy atom. The average molecular weight is 293 g/mol. The van der Waals surface area contributed by atoms with Gasteiger partial charge in [-0.3, -0.25) is 14.5 Å². The summed E-state index contributed by atoms with van der Waals surface area (Å²) in [6.07, 6.45) is 2.00. The zero-order chi connectivity index (χ0) is 14.4. The van der Waals surface area contributed by atoms with Crippen LogP contribution in [0.5, 0.6) is 0 Å². The lowest BCUT2D eigenvalue weighted by Crippen LogP contribution is -2.63. The second-order valence-electron chi connectivity index (χ2n) is 5.66. The maximum atomic E-state index is 12.7. The smallest absolute Gasteiger partial charge is 0.250 e. The van der Waals surface area contributed by atoms with Crippen LogP contribution in [0.15, 0.2) is 18.2 Å². The van der Waals surface area contributed by atoms with Crippen LogP contribution in [0.25, 0.3) is 0 Å². The van der Waals surface area contributed by atoms with E-state index in [1.54, 1.807) is 17.9 Å². The van der Waals surface area contributed by atoms with E-state index in [2.05, 4.69) is 5.32 Å². The SMILES string of the molecule is Cc1ccc(Cl)c(N2C(=O)C(C3CC3)NC(=O)C2C)c1. The molecule has 2 amide bonds. The highest BCUT2D eigenvalue weighted by Crippen LogP contribution is 2.37. The number of anilines is 1. The van der Waals surface area contributed by atoms with E-state index in [4.69, 9.17) is 11.6 Å². The molecule has 1 aliphatic carbocycles. The molecule has 2 fully saturated rings. The van der Waals surface area contributed by atoms with Crippen molar-refractivity contribution in [1.29, 1.82) is 0 Å².